The Morgan fingerprint density at radius 1 is 1.69 bits per heavy atom. The molecule has 5 heteroatoms. The number of pyridine rings is 1. The van der Waals surface area contributed by atoms with Gasteiger partial charge in [-0.1, -0.05) is 0 Å². The number of carbonyl (C=O) groups excluding carboxylic acids is 1. The fourth-order valence-corrected chi connectivity index (χ4v) is 1.66. The maximum Gasteiger partial charge on any atom is 0.255 e. The van der Waals surface area contributed by atoms with E-state index in [0.29, 0.717) is 18.7 Å². The molecule has 88 valence electrons. The summed E-state index contributed by atoms with van der Waals surface area (Å²) >= 11 is 5.97. The van der Waals surface area contributed by atoms with Gasteiger partial charge in [0.1, 0.15) is 0 Å². The third-order valence-electron chi connectivity index (χ3n) is 2.07. The van der Waals surface area contributed by atoms with Crippen LogP contribution in [0.5, 0.6) is 0 Å². The third-order valence-corrected chi connectivity index (χ3v) is 2.34. The number of carbonyl (C=O) groups is 1. The lowest BCUT2D eigenvalue weighted by molar-refractivity contribution is 0.0781. The van der Waals surface area contributed by atoms with Crippen molar-refractivity contribution in [1.82, 2.24) is 9.88 Å². The van der Waals surface area contributed by atoms with Gasteiger partial charge in [-0.05, 0) is 12.1 Å². The molecular formula is C11H15ClN2O2. The van der Waals surface area contributed by atoms with E-state index in [9.17, 15) is 4.79 Å². The quantitative estimate of drug-likeness (QED) is 0.734. The zero-order chi connectivity index (χ0) is 12.0. The van der Waals surface area contributed by atoms with Crippen LogP contribution in [0.2, 0.25) is 0 Å². The maximum absolute atomic E-state index is 11.9. The van der Waals surface area contributed by atoms with Gasteiger partial charge < -0.3 is 9.64 Å². The van der Waals surface area contributed by atoms with E-state index in [4.69, 9.17) is 16.3 Å². The van der Waals surface area contributed by atoms with Crippen molar-refractivity contribution in [2.24, 2.45) is 0 Å². The molecule has 1 unspecified atom stereocenters. The van der Waals surface area contributed by atoms with E-state index in [1.807, 2.05) is 0 Å². The van der Waals surface area contributed by atoms with Crippen molar-refractivity contribution in [2.75, 3.05) is 27.3 Å². The summed E-state index contributed by atoms with van der Waals surface area (Å²) in [5.41, 5.74) is 0.561. The second kappa shape index (κ2) is 6.45. The van der Waals surface area contributed by atoms with Crippen molar-refractivity contribution in [3.63, 3.8) is 0 Å². The number of halogens is 1. The molecule has 0 aliphatic heterocycles. The Morgan fingerprint density at radius 2 is 2.44 bits per heavy atom. The van der Waals surface area contributed by atoms with E-state index in [1.54, 1.807) is 43.6 Å². The van der Waals surface area contributed by atoms with Gasteiger partial charge >= 0.3 is 0 Å². The van der Waals surface area contributed by atoms with Crippen LogP contribution in [0, 0.1) is 0 Å². The summed E-state index contributed by atoms with van der Waals surface area (Å²) in [4.78, 5) is 17.3. The molecule has 1 heterocycles. The number of amides is 1. The number of aromatic nitrogens is 1. The smallest absolute Gasteiger partial charge is 0.255 e. The minimum Gasteiger partial charge on any atom is -0.383 e. The van der Waals surface area contributed by atoms with Crippen molar-refractivity contribution >= 4 is 17.5 Å². The summed E-state index contributed by atoms with van der Waals surface area (Å²) in [6, 6.07) is 3.46. The molecular weight excluding hydrogens is 228 g/mol. The molecule has 0 radical (unpaired) electrons. The Hall–Kier alpha value is -1.13. The Kier molecular flexibility index (Phi) is 5.22. The molecule has 1 atom stereocenters. The summed E-state index contributed by atoms with van der Waals surface area (Å²) < 4.78 is 4.91. The first-order valence-corrected chi connectivity index (χ1v) is 5.37. The van der Waals surface area contributed by atoms with Crippen molar-refractivity contribution in [2.45, 2.75) is 5.38 Å². The molecule has 1 rings (SSSR count). The monoisotopic (exact) mass is 242 g/mol. The molecule has 0 aliphatic carbocycles. The number of alkyl halides is 1. The van der Waals surface area contributed by atoms with E-state index in [1.165, 1.54) is 0 Å². The minimum atomic E-state index is -0.198. The molecule has 1 aromatic rings. The molecule has 1 amide bonds. The summed E-state index contributed by atoms with van der Waals surface area (Å²) in [7, 11) is 3.29. The zero-order valence-corrected chi connectivity index (χ0v) is 10.1. The summed E-state index contributed by atoms with van der Waals surface area (Å²) in [5.74, 6) is -0.0881. The number of hydrogen-bond acceptors (Lipinski definition) is 3. The van der Waals surface area contributed by atoms with Crippen molar-refractivity contribution in [1.29, 1.82) is 0 Å². The summed E-state index contributed by atoms with van der Waals surface area (Å²) in [6.07, 6.45) is 3.17. The summed E-state index contributed by atoms with van der Waals surface area (Å²) in [5, 5.41) is -0.198. The molecule has 0 bridgehead atoms. The second-order valence-electron chi connectivity index (χ2n) is 3.48. The second-order valence-corrected chi connectivity index (χ2v) is 4.10. The van der Waals surface area contributed by atoms with Crippen LogP contribution >= 0.6 is 11.6 Å². The molecule has 0 N–H and O–H groups in total. The normalized spacial score (nSPS) is 12.2. The third kappa shape index (κ3) is 3.79. The molecule has 0 saturated heterocycles. The van der Waals surface area contributed by atoms with Crippen molar-refractivity contribution in [3.8, 4) is 0 Å². The topological polar surface area (TPSA) is 42.4 Å². The highest BCUT2D eigenvalue weighted by Gasteiger charge is 2.15. The van der Waals surface area contributed by atoms with Crippen LogP contribution in [0.15, 0.2) is 24.5 Å². The molecule has 0 aliphatic rings. The number of rotatable bonds is 5. The van der Waals surface area contributed by atoms with E-state index >= 15 is 0 Å². The molecule has 0 fully saturated rings. The van der Waals surface area contributed by atoms with Gasteiger partial charge in [0.15, 0.2) is 0 Å². The minimum absolute atomic E-state index is 0.0881. The van der Waals surface area contributed by atoms with Gasteiger partial charge in [-0.15, -0.1) is 11.6 Å². The van der Waals surface area contributed by atoms with Gasteiger partial charge in [0.2, 0.25) is 0 Å². The Bertz CT molecular complexity index is 332. The molecule has 0 aromatic carbocycles. The highest BCUT2D eigenvalue weighted by atomic mass is 35.5. The van der Waals surface area contributed by atoms with Gasteiger partial charge in [-0.2, -0.15) is 0 Å². The van der Waals surface area contributed by atoms with Gasteiger partial charge in [0.05, 0.1) is 17.5 Å². The van der Waals surface area contributed by atoms with Gasteiger partial charge in [0, 0.05) is 33.1 Å². The van der Waals surface area contributed by atoms with Gasteiger partial charge in [-0.25, -0.2) is 0 Å². The van der Waals surface area contributed by atoms with E-state index < -0.39 is 0 Å². The lowest BCUT2D eigenvalue weighted by Crippen LogP contribution is -2.33. The van der Waals surface area contributed by atoms with Crippen LogP contribution in [-0.2, 0) is 4.74 Å². The molecule has 0 spiro atoms. The van der Waals surface area contributed by atoms with Crippen LogP contribution < -0.4 is 0 Å². The summed E-state index contributed by atoms with van der Waals surface area (Å²) in [6.45, 7) is 0.870. The number of methoxy groups -OCH3 is 1. The standard InChI is InChI=1S/C11H15ClN2O2/c1-14(7-10(12)8-16-2)11(15)9-4-3-5-13-6-9/h3-6,10H,7-8H2,1-2H3. The largest absolute Gasteiger partial charge is 0.383 e. The van der Waals surface area contributed by atoms with E-state index in [2.05, 4.69) is 4.98 Å². The molecule has 1 aromatic heterocycles. The van der Waals surface area contributed by atoms with Crippen molar-refractivity contribution < 1.29 is 9.53 Å². The highest BCUT2D eigenvalue weighted by molar-refractivity contribution is 6.21. The van der Waals surface area contributed by atoms with Crippen molar-refractivity contribution in [3.05, 3.63) is 30.1 Å². The van der Waals surface area contributed by atoms with E-state index in [-0.39, 0.29) is 11.3 Å². The number of hydrogen-bond donors (Lipinski definition) is 0. The first-order valence-electron chi connectivity index (χ1n) is 4.93. The Morgan fingerprint density at radius 3 is 3.00 bits per heavy atom. The predicted octanol–water partition coefficient (Wildman–Crippen LogP) is 1.41. The van der Waals surface area contributed by atoms with Crippen LogP contribution in [0.25, 0.3) is 0 Å². The molecule has 16 heavy (non-hydrogen) atoms. The number of ether oxygens (including phenoxy) is 1. The first kappa shape index (κ1) is 12.9. The van der Waals surface area contributed by atoms with Crippen LogP contribution in [0.4, 0.5) is 0 Å². The Balaban J connectivity index is 2.55. The fourth-order valence-electron chi connectivity index (χ4n) is 1.32. The maximum atomic E-state index is 11.9. The first-order chi connectivity index (χ1) is 7.65. The molecule has 0 saturated carbocycles. The SMILES string of the molecule is COCC(Cl)CN(C)C(=O)c1cccnc1. The van der Waals surface area contributed by atoms with Gasteiger partial charge in [0.25, 0.3) is 5.91 Å². The van der Waals surface area contributed by atoms with Crippen LogP contribution in [-0.4, -0.2) is 48.5 Å². The average molecular weight is 243 g/mol. The fraction of sp³-hybridized carbons (Fsp3) is 0.455. The van der Waals surface area contributed by atoms with Gasteiger partial charge in [-0.3, -0.25) is 9.78 Å². The lowest BCUT2D eigenvalue weighted by atomic mass is 10.2. The molecule has 4 nitrogen and oxygen atoms in total. The average Bonchev–Trinajstić information content (AvgIpc) is 2.29. The lowest BCUT2D eigenvalue weighted by Gasteiger charge is -2.19. The van der Waals surface area contributed by atoms with Crippen LogP contribution in [0.1, 0.15) is 10.4 Å². The predicted molar refractivity (Wildman–Crippen MR) is 62.7 cm³/mol. The van der Waals surface area contributed by atoms with Crippen LogP contribution in [0.3, 0.4) is 0 Å². The Labute approximate surface area is 100 Å². The highest BCUT2D eigenvalue weighted by Crippen LogP contribution is 2.05. The zero-order valence-electron chi connectivity index (χ0n) is 9.39. The number of nitrogens with zero attached hydrogens (tertiary/aromatic N) is 2. The van der Waals surface area contributed by atoms with E-state index in [0.717, 1.165) is 0 Å².